The summed E-state index contributed by atoms with van der Waals surface area (Å²) in [5.41, 5.74) is 1.27. The van der Waals surface area contributed by atoms with Crippen LogP contribution in [0.2, 0.25) is 0 Å². The summed E-state index contributed by atoms with van der Waals surface area (Å²) in [5.74, 6) is 0.710. The van der Waals surface area contributed by atoms with E-state index in [1.807, 2.05) is 4.90 Å². The Morgan fingerprint density at radius 3 is 2.65 bits per heavy atom. The number of hydrogen-bond donors (Lipinski definition) is 1. The molecule has 4 nitrogen and oxygen atoms in total. The molecule has 0 atom stereocenters. The molecule has 20 heavy (non-hydrogen) atoms. The van der Waals surface area contributed by atoms with Gasteiger partial charge in [0.1, 0.15) is 0 Å². The van der Waals surface area contributed by atoms with Crippen LogP contribution in [0.1, 0.15) is 12.5 Å². The largest absolute Gasteiger partial charge is 0.378 e. The maximum Gasteiger partial charge on any atom is 0.233 e. The van der Waals surface area contributed by atoms with Crippen LogP contribution in [0.25, 0.3) is 0 Å². The van der Waals surface area contributed by atoms with Crippen molar-refractivity contribution >= 4 is 17.7 Å². The second-order valence-corrected chi connectivity index (χ2v) is 5.75. The van der Waals surface area contributed by atoms with Crippen molar-refractivity contribution in [1.29, 1.82) is 0 Å². The Kier molecular flexibility index (Phi) is 6.36. The lowest BCUT2D eigenvalue weighted by atomic mass is 10.2. The monoisotopic (exact) mass is 294 g/mol. The van der Waals surface area contributed by atoms with E-state index in [9.17, 15) is 4.79 Å². The number of hydrogen-bond acceptors (Lipinski definition) is 4. The molecule has 0 saturated carbocycles. The fourth-order valence-electron chi connectivity index (χ4n) is 2.02. The molecule has 1 fully saturated rings. The zero-order valence-corrected chi connectivity index (χ0v) is 12.7. The smallest absolute Gasteiger partial charge is 0.233 e. The van der Waals surface area contributed by atoms with Crippen molar-refractivity contribution < 1.29 is 9.53 Å². The first-order valence-electron chi connectivity index (χ1n) is 7.07. The lowest BCUT2D eigenvalue weighted by Gasteiger charge is -2.26. The van der Waals surface area contributed by atoms with Crippen molar-refractivity contribution in [1.82, 2.24) is 10.2 Å². The van der Waals surface area contributed by atoms with E-state index < -0.39 is 0 Å². The Hall–Kier alpha value is -1.04. The average molecular weight is 294 g/mol. The second-order valence-electron chi connectivity index (χ2n) is 4.71. The predicted molar refractivity (Wildman–Crippen MR) is 81.9 cm³/mol. The molecule has 1 aliphatic rings. The molecule has 0 aliphatic carbocycles. The van der Waals surface area contributed by atoms with Crippen LogP contribution in [0.4, 0.5) is 0 Å². The van der Waals surface area contributed by atoms with Crippen molar-refractivity contribution in [2.75, 3.05) is 38.6 Å². The van der Waals surface area contributed by atoms with Gasteiger partial charge in [0.2, 0.25) is 5.91 Å². The minimum absolute atomic E-state index is 0.204. The quantitative estimate of drug-likeness (QED) is 0.812. The van der Waals surface area contributed by atoms with Gasteiger partial charge < -0.3 is 15.0 Å². The van der Waals surface area contributed by atoms with Crippen molar-refractivity contribution in [2.45, 2.75) is 18.4 Å². The molecule has 0 spiro atoms. The number of nitrogens with one attached hydrogen (secondary N) is 1. The number of morpholine rings is 1. The van der Waals surface area contributed by atoms with Gasteiger partial charge in [-0.2, -0.15) is 0 Å². The molecule has 1 saturated heterocycles. The zero-order valence-electron chi connectivity index (χ0n) is 11.9. The molecule has 1 amide bonds. The summed E-state index contributed by atoms with van der Waals surface area (Å²) in [5, 5.41) is 3.30. The van der Waals surface area contributed by atoms with Crippen LogP contribution in [0.3, 0.4) is 0 Å². The molecular formula is C15H22N2O2S. The molecule has 110 valence electrons. The molecule has 5 heteroatoms. The molecule has 1 N–H and O–H groups in total. The van der Waals surface area contributed by atoms with E-state index in [1.165, 1.54) is 5.56 Å². The fraction of sp³-hybridized carbons (Fsp3) is 0.533. The number of thioether (sulfide) groups is 1. The molecular weight excluding hydrogens is 272 g/mol. The summed E-state index contributed by atoms with van der Waals surface area (Å²) >= 11 is 1.60. The highest BCUT2D eigenvalue weighted by atomic mass is 32.2. The van der Waals surface area contributed by atoms with Crippen molar-refractivity contribution in [3.05, 3.63) is 29.8 Å². The van der Waals surface area contributed by atoms with Gasteiger partial charge in [-0.3, -0.25) is 4.79 Å². The van der Waals surface area contributed by atoms with Crippen LogP contribution >= 0.6 is 11.8 Å². The normalized spacial score (nSPS) is 15.3. The van der Waals surface area contributed by atoms with Gasteiger partial charge in [-0.15, -0.1) is 11.8 Å². The number of ether oxygens (including phenoxy) is 1. The predicted octanol–water partition coefficient (Wildman–Crippen LogP) is 1.75. The van der Waals surface area contributed by atoms with Crippen molar-refractivity contribution in [3.63, 3.8) is 0 Å². The zero-order chi connectivity index (χ0) is 14.2. The highest BCUT2D eigenvalue weighted by molar-refractivity contribution is 8.00. The SMILES string of the molecule is CCNCc1ccc(SCC(=O)N2CCOCC2)cc1. The third kappa shape index (κ3) is 4.81. The Morgan fingerprint density at radius 1 is 1.30 bits per heavy atom. The van der Waals surface area contributed by atoms with Gasteiger partial charge in [-0.1, -0.05) is 19.1 Å². The van der Waals surface area contributed by atoms with Crippen LogP contribution < -0.4 is 5.32 Å². The van der Waals surface area contributed by atoms with E-state index in [4.69, 9.17) is 4.74 Å². The van der Waals surface area contributed by atoms with E-state index >= 15 is 0 Å². The van der Waals surface area contributed by atoms with Crippen molar-refractivity contribution in [2.24, 2.45) is 0 Å². The number of carbonyl (C=O) groups excluding carboxylic acids is 1. The second kappa shape index (κ2) is 8.29. The van der Waals surface area contributed by atoms with E-state index in [0.29, 0.717) is 19.0 Å². The summed E-state index contributed by atoms with van der Waals surface area (Å²) in [6, 6.07) is 8.41. The molecule has 1 heterocycles. The van der Waals surface area contributed by atoms with E-state index in [0.717, 1.165) is 31.1 Å². The maximum absolute atomic E-state index is 12.0. The van der Waals surface area contributed by atoms with Gasteiger partial charge in [0.05, 0.1) is 19.0 Å². The Bertz CT molecular complexity index is 416. The van der Waals surface area contributed by atoms with Crippen LogP contribution in [-0.2, 0) is 16.1 Å². The number of benzene rings is 1. The fourth-order valence-corrected chi connectivity index (χ4v) is 2.82. The first-order valence-corrected chi connectivity index (χ1v) is 8.06. The Morgan fingerprint density at radius 2 is 2.00 bits per heavy atom. The molecule has 0 aromatic heterocycles. The highest BCUT2D eigenvalue weighted by Crippen LogP contribution is 2.19. The summed E-state index contributed by atoms with van der Waals surface area (Å²) < 4.78 is 5.25. The summed E-state index contributed by atoms with van der Waals surface area (Å²) in [7, 11) is 0. The molecule has 1 aromatic rings. The molecule has 0 unspecified atom stereocenters. The van der Waals surface area contributed by atoms with Gasteiger partial charge >= 0.3 is 0 Å². The van der Waals surface area contributed by atoms with Gasteiger partial charge in [-0.25, -0.2) is 0 Å². The van der Waals surface area contributed by atoms with Gasteiger partial charge in [-0.05, 0) is 24.2 Å². The average Bonchev–Trinajstić information content (AvgIpc) is 2.52. The lowest BCUT2D eigenvalue weighted by molar-refractivity contribution is -0.132. The first kappa shape index (κ1) is 15.4. The van der Waals surface area contributed by atoms with Crippen LogP contribution in [0.15, 0.2) is 29.2 Å². The minimum atomic E-state index is 0.204. The van der Waals surface area contributed by atoms with Crippen LogP contribution in [0, 0.1) is 0 Å². The van der Waals surface area contributed by atoms with Gasteiger partial charge in [0.25, 0.3) is 0 Å². The minimum Gasteiger partial charge on any atom is -0.378 e. The van der Waals surface area contributed by atoms with Gasteiger partial charge in [0, 0.05) is 24.5 Å². The molecule has 0 bridgehead atoms. The summed E-state index contributed by atoms with van der Waals surface area (Å²) in [4.78, 5) is 15.0. The highest BCUT2D eigenvalue weighted by Gasteiger charge is 2.16. The number of amides is 1. The Balaban J connectivity index is 1.76. The lowest BCUT2D eigenvalue weighted by Crippen LogP contribution is -2.41. The van der Waals surface area contributed by atoms with Gasteiger partial charge in [0.15, 0.2) is 0 Å². The van der Waals surface area contributed by atoms with Crippen LogP contribution in [-0.4, -0.2) is 49.4 Å². The molecule has 0 radical (unpaired) electrons. The molecule has 1 aromatic carbocycles. The summed E-state index contributed by atoms with van der Waals surface area (Å²) in [6.45, 7) is 6.74. The molecule has 1 aliphatic heterocycles. The third-order valence-corrected chi connectivity index (χ3v) is 4.23. The van der Waals surface area contributed by atoms with E-state index in [2.05, 4.69) is 36.5 Å². The van der Waals surface area contributed by atoms with E-state index in [-0.39, 0.29) is 5.91 Å². The maximum atomic E-state index is 12.0. The topological polar surface area (TPSA) is 41.6 Å². The summed E-state index contributed by atoms with van der Waals surface area (Å²) in [6.07, 6.45) is 0. The van der Waals surface area contributed by atoms with E-state index in [1.54, 1.807) is 11.8 Å². The number of rotatable bonds is 6. The Labute approximate surface area is 124 Å². The first-order chi connectivity index (χ1) is 9.79. The van der Waals surface area contributed by atoms with Crippen LogP contribution in [0.5, 0.6) is 0 Å². The third-order valence-electron chi connectivity index (χ3n) is 3.23. The standard InChI is InChI=1S/C15H22N2O2S/c1-2-16-11-13-3-5-14(6-4-13)20-12-15(18)17-7-9-19-10-8-17/h3-6,16H,2,7-12H2,1H3. The van der Waals surface area contributed by atoms with Crippen molar-refractivity contribution in [3.8, 4) is 0 Å². The number of nitrogens with zero attached hydrogens (tertiary/aromatic N) is 1. The number of carbonyl (C=O) groups is 1. The molecule has 2 rings (SSSR count).